The molecule has 1 saturated heterocycles. The maximum atomic E-state index is 12.5. The Kier molecular flexibility index (Phi) is 4.51. The van der Waals surface area contributed by atoms with Crippen LogP contribution in [0.3, 0.4) is 0 Å². The van der Waals surface area contributed by atoms with E-state index in [1.165, 1.54) is 19.3 Å². The van der Waals surface area contributed by atoms with Crippen LogP contribution < -0.4 is 5.32 Å². The number of rotatable bonds is 6. The highest BCUT2D eigenvalue weighted by Crippen LogP contribution is 2.34. The summed E-state index contributed by atoms with van der Waals surface area (Å²) in [5, 5.41) is 4.18. The molecule has 1 aliphatic carbocycles. The zero-order chi connectivity index (χ0) is 14.8. The maximum Gasteiger partial charge on any atom is 0.241 e. The molecule has 2 unspecified atom stereocenters. The van der Waals surface area contributed by atoms with Gasteiger partial charge in [0.2, 0.25) is 5.91 Å². The monoisotopic (exact) mass is 306 g/mol. The molecule has 1 aliphatic heterocycles. The van der Waals surface area contributed by atoms with E-state index in [-0.39, 0.29) is 18.1 Å². The van der Waals surface area contributed by atoms with Gasteiger partial charge in [-0.15, -0.1) is 0 Å². The van der Waals surface area contributed by atoms with E-state index in [1.54, 1.807) is 0 Å². The zero-order valence-electron chi connectivity index (χ0n) is 12.5. The molecule has 0 spiro atoms. The third-order valence-corrected chi connectivity index (χ3v) is 4.77. The first kappa shape index (κ1) is 14.9. The van der Waals surface area contributed by atoms with E-state index in [0.717, 1.165) is 35.9 Å². The van der Waals surface area contributed by atoms with Crippen LogP contribution in [-0.2, 0) is 4.79 Å². The van der Waals surface area contributed by atoms with Gasteiger partial charge < -0.3 is 4.90 Å². The van der Waals surface area contributed by atoms with Crippen LogP contribution in [0.15, 0.2) is 24.3 Å². The summed E-state index contributed by atoms with van der Waals surface area (Å²) in [6, 6.07) is 7.76. The van der Waals surface area contributed by atoms with Crippen LogP contribution in [0.25, 0.3) is 0 Å². The van der Waals surface area contributed by atoms with Gasteiger partial charge in [-0.3, -0.25) is 10.1 Å². The van der Waals surface area contributed by atoms with Crippen LogP contribution in [0.5, 0.6) is 0 Å². The van der Waals surface area contributed by atoms with Gasteiger partial charge in [-0.25, -0.2) is 0 Å². The van der Waals surface area contributed by atoms with Crippen LogP contribution in [-0.4, -0.2) is 23.4 Å². The Hall–Kier alpha value is -1.06. The second-order valence-corrected chi connectivity index (χ2v) is 6.64. The summed E-state index contributed by atoms with van der Waals surface area (Å²) in [5.41, 5.74) is 1.08. The summed E-state index contributed by atoms with van der Waals surface area (Å²) in [5.74, 6) is 1.15. The lowest BCUT2D eigenvalue weighted by Gasteiger charge is -2.24. The summed E-state index contributed by atoms with van der Waals surface area (Å²) >= 11 is 6.10. The predicted octanol–water partition coefficient (Wildman–Crippen LogP) is 3.74. The normalized spacial score (nSPS) is 25.6. The highest BCUT2D eigenvalue weighted by atomic mass is 35.5. The third-order valence-electron chi connectivity index (χ3n) is 4.53. The van der Waals surface area contributed by atoms with Crippen LogP contribution in [0, 0.1) is 5.92 Å². The highest BCUT2D eigenvalue weighted by Gasteiger charge is 2.38. The molecule has 1 aromatic rings. The molecule has 1 saturated carbocycles. The molecule has 3 nitrogen and oxygen atoms in total. The van der Waals surface area contributed by atoms with E-state index in [2.05, 4.69) is 12.2 Å². The van der Waals surface area contributed by atoms with E-state index in [1.807, 2.05) is 29.2 Å². The molecule has 1 N–H and O–H groups in total. The number of benzene rings is 1. The van der Waals surface area contributed by atoms with Gasteiger partial charge in [0.15, 0.2) is 0 Å². The van der Waals surface area contributed by atoms with Crippen LogP contribution in [0.4, 0.5) is 0 Å². The quantitative estimate of drug-likeness (QED) is 0.868. The lowest BCUT2D eigenvalue weighted by molar-refractivity contribution is -0.130. The molecule has 1 aromatic carbocycles. The molecule has 2 atom stereocenters. The van der Waals surface area contributed by atoms with Gasteiger partial charge in [-0.05, 0) is 42.9 Å². The summed E-state index contributed by atoms with van der Waals surface area (Å²) in [7, 11) is 0. The van der Waals surface area contributed by atoms with Crippen LogP contribution in [0.2, 0.25) is 5.02 Å². The molecule has 0 radical (unpaired) electrons. The molecule has 2 fully saturated rings. The molecular formula is C17H23ClN2O. The smallest absolute Gasteiger partial charge is 0.241 e. The Labute approximate surface area is 131 Å². The molecule has 21 heavy (non-hydrogen) atoms. The zero-order valence-corrected chi connectivity index (χ0v) is 13.3. The molecule has 4 heteroatoms. The van der Waals surface area contributed by atoms with Gasteiger partial charge in [-0.1, -0.05) is 43.5 Å². The van der Waals surface area contributed by atoms with Gasteiger partial charge in [-0.2, -0.15) is 0 Å². The van der Waals surface area contributed by atoms with Gasteiger partial charge in [0.1, 0.15) is 6.17 Å². The Morgan fingerprint density at radius 1 is 1.38 bits per heavy atom. The van der Waals surface area contributed by atoms with Crippen molar-refractivity contribution >= 4 is 17.5 Å². The van der Waals surface area contributed by atoms with Crippen molar-refractivity contribution in [2.45, 2.75) is 51.2 Å². The Morgan fingerprint density at radius 2 is 2.19 bits per heavy atom. The van der Waals surface area contributed by atoms with Crippen molar-refractivity contribution in [3.05, 3.63) is 34.9 Å². The van der Waals surface area contributed by atoms with Gasteiger partial charge in [0, 0.05) is 11.6 Å². The highest BCUT2D eigenvalue weighted by molar-refractivity contribution is 6.30. The van der Waals surface area contributed by atoms with E-state index in [9.17, 15) is 4.79 Å². The number of nitrogens with zero attached hydrogens (tertiary/aromatic N) is 1. The fourth-order valence-electron chi connectivity index (χ4n) is 3.12. The Balaban J connectivity index is 1.72. The van der Waals surface area contributed by atoms with Crippen molar-refractivity contribution in [1.82, 2.24) is 10.2 Å². The number of nitrogens with one attached hydrogen (secondary N) is 1. The lowest BCUT2D eigenvalue weighted by Crippen LogP contribution is -2.32. The largest absolute Gasteiger partial charge is 0.322 e. The van der Waals surface area contributed by atoms with E-state index < -0.39 is 0 Å². The summed E-state index contributed by atoms with van der Waals surface area (Å²) in [6.07, 6.45) is 5.91. The third kappa shape index (κ3) is 3.41. The molecule has 1 heterocycles. The second-order valence-electron chi connectivity index (χ2n) is 6.20. The Morgan fingerprint density at radius 3 is 2.86 bits per heavy atom. The minimum atomic E-state index is -0.0603. The van der Waals surface area contributed by atoms with Crippen molar-refractivity contribution in [1.29, 1.82) is 0 Å². The van der Waals surface area contributed by atoms with E-state index >= 15 is 0 Å². The van der Waals surface area contributed by atoms with E-state index in [0.29, 0.717) is 0 Å². The topological polar surface area (TPSA) is 32.3 Å². The molecule has 2 aliphatic rings. The van der Waals surface area contributed by atoms with Crippen molar-refractivity contribution in [3.8, 4) is 0 Å². The van der Waals surface area contributed by atoms with Crippen molar-refractivity contribution in [2.75, 3.05) is 6.54 Å². The predicted molar refractivity (Wildman–Crippen MR) is 85.1 cm³/mol. The van der Waals surface area contributed by atoms with Crippen LogP contribution in [0.1, 0.15) is 50.8 Å². The molecule has 0 bridgehead atoms. The number of amides is 1. The molecule has 114 valence electrons. The average Bonchev–Trinajstić information content (AvgIpc) is 3.24. The molecule has 3 rings (SSSR count). The average molecular weight is 307 g/mol. The number of carbonyl (C=O) groups excluding carboxylic acids is 1. The Bertz CT molecular complexity index is 515. The number of carbonyl (C=O) groups is 1. The molecule has 0 aromatic heterocycles. The first-order valence-corrected chi connectivity index (χ1v) is 8.39. The fourth-order valence-corrected chi connectivity index (χ4v) is 3.32. The van der Waals surface area contributed by atoms with E-state index in [4.69, 9.17) is 11.6 Å². The molecular weight excluding hydrogens is 284 g/mol. The number of hydrogen-bond acceptors (Lipinski definition) is 2. The van der Waals surface area contributed by atoms with Crippen molar-refractivity contribution in [3.63, 3.8) is 0 Å². The first-order valence-electron chi connectivity index (χ1n) is 8.01. The fraction of sp³-hybridized carbons (Fsp3) is 0.588. The lowest BCUT2D eigenvalue weighted by atomic mass is 10.1. The minimum Gasteiger partial charge on any atom is -0.322 e. The van der Waals surface area contributed by atoms with Gasteiger partial charge >= 0.3 is 0 Å². The second kappa shape index (κ2) is 6.37. The molecule has 1 amide bonds. The van der Waals surface area contributed by atoms with Gasteiger partial charge in [0.05, 0.1) is 6.04 Å². The SMILES string of the molecule is CCC1NC(c2cccc(Cl)c2)N(CCCC2CC2)C1=O. The number of halogens is 1. The maximum absolute atomic E-state index is 12.5. The minimum absolute atomic E-state index is 0.0275. The van der Waals surface area contributed by atoms with Crippen LogP contribution >= 0.6 is 11.6 Å². The summed E-state index contributed by atoms with van der Waals surface area (Å²) in [6.45, 7) is 2.90. The van der Waals surface area contributed by atoms with Gasteiger partial charge in [0.25, 0.3) is 0 Å². The summed E-state index contributed by atoms with van der Waals surface area (Å²) < 4.78 is 0. The number of hydrogen-bond donors (Lipinski definition) is 1. The van der Waals surface area contributed by atoms with Crippen molar-refractivity contribution < 1.29 is 4.79 Å². The first-order chi connectivity index (χ1) is 10.2. The standard InChI is InChI=1S/C17H23ClN2O/c1-2-15-17(21)20(10-4-5-12-8-9-12)16(19-15)13-6-3-7-14(18)11-13/h3,6-7,11-12,15-16,19H,2,4-5,8-10H2,1H3. The van der Waals surface area contributed by atoms with Crippen molar-refractivity contribution in [2.24, 2.45) is 5.92 Å². The summed E-state index contributed by atoms with van der Waals surface area (Å²) in [4.78, 5) is 14.5.